The molecule has 6 nitrogen and oxygen atoms in total. The van der Waals surface area contributed by atoms with Crippen molar-refractivity contribution in [3.8, 4) is 0 Å². The number of benzene rings is 1. The number of aliphatic imine (C=N–C) groups is 1. The van der Waals surface area contributed by atoms with Gasteiger partial charge in [0.2, 0.25) is 0 Å². The summed E-state index contributed by atoms with van der Waals surface area (Å²) in [5, 5.41) is 10.8. The van der Waals surface area contributed by atoms with Crippen LogP contribution in [0, 0.1) is 0 Å². The Kier molecular flexibility index (Phi) is 9.06. The van der Waals surface area contributed by atoms with Crippen molar-refractivity contribution in [3.63, 3.8) is 0 Å². The number of halogens is 1. The zero-order valence-electron chi connectivity index (χ0n) is 16.1. The van der Waals surface area contributed by atoms with E-state index in [9.17, 15) is 0 Å². The smallest absolute Gasteiger partial charge is 0.191 e. The highest BCUT2D eigenvalue weighted by Gasteiger charge is 2.23. The Balaban J connectivity index is 0.00000261. The van der Waals surface area contributed by atoms with E-state index in [0.717, 1.165) is 44.1 Å². The van der Waals surface area contributed by atoms with Crippen LogP contribution in [0.1, 0.15) is 44.0 Å². The monoisotopic (exact) mass is 483 g/mol. The first kappa shape index (κ1) is 21.7. The Morgan fingerprint density at radius 2 is 2.00 bits per heavy atom. The summed E-state index contributed by atoms with van der Waals surface area (Å²) in [6.45, 7) is 7.93. The van der Waals surface area contributed by atoms with Gasteiger partial charge in [0.05, 0.1) is 6.54 Å². The molecule has 1 aliphatic rings. The number of likely N-dealkylation sites (tertiary alicyclic amines) is 1. The predicted molar refractivity (Wildman–Crippen MR) is 119 cm³/mol. The van der Waals surface area contributed by atoms with E-state index in [-0.39, 0.29) is 24.0 Å². The third-order valence-corrected chi connectivity index (χ3v) is 4.93. The summed E-state index contributed by atoms with van der Waals surface area (Å²) in [6.07, 6.45) is 3.81. The predicted octanol–water partition coefficient (Wildman–Crippen LogP) is 3.57. The zero-order valence-corrected chi connectivity index (χ0v) is 18.4. The minimum absolute atomic E-state index is 0. The third kappa shape index (κ3) is 6.49. The Labute approximate surface area is 178 Å². The van der Waals surface area contributed by atoms with E-state index in [1.807, 2.05) is 6.07 Å². The first-order valence-electron chi connectivity index (χ1n) is 9.49. The number of nitrogens with one attached hydrogen (secondary N) is 2. The molecule has 148 valence electrons. The van der Waals surface area contributed by atoms with E-state index in [4.69, 9.17) is 4.52 Å². The maximum atomic E-state index is 4.86. The average Bonchev–Trinajstić information content (AvgIpc) is 3.21. The van der Waals surface area contributed by atoms with Gasteiger partial charge in [0.1, 0.15) is 12.0 Å². The van der Waals surface area contributed by atoms with E-state index >= 15 is 0 Å². The van der Waals surface area contributed by atoms with E-state index in [2.05, 4.69) is 69.9 Å². The highest BCUT2D eigenvalue weighted by Crippen LogP contribution is 2.23. The number of piperidine rings is 1. The molecule has 1 fully saturated rings. The first-order chi connectivity index (χ1) is 12.8. The zero-order chi connectivity index (χ0) is 18.2. The van der Waals surface area contributed by atoms with Gasteiger partial charge in [-0.2, -0.15) is 0 Å². The highest BCUT2D eigenvalue weighted by atomic mass is 127. The van der Waals surface area contributed by atoms with Gasteiger partial charge in [-0.1, -0.05) is 35.5 Å². The summed E-state index contributed by atoms with van der Waals surface area (Å²) in [5.74, 6) is 0.852. The second-order valence-corrected chi connectivity index (χ2v) is 6.73. The molecule has 0 bridgehead atoms. The van der Waals surface area contributed by atoms with E-state index in [0.29, 0.717) is 18.6 Å². The van der Waals surface area contributed by atoms with Crippen LogP contribution in [0.5, 0.6) is 0 Å². The molecule has 1 aliphatic heterocycles. The van der Waals surface area contributed by atoms with Crippen molar-refractivity contribution in [2.45, 2.75) is 45.3 Å². The molecule has 2 N–H and O–H groups in total. The molecule has 1 atom stereocenters. The van der Waals surface area contributed by atoms with Crippen LogP contribution in [0.25, 0.3) is 0 Å². The summed E-state index contributed by atoms with van der Waals surface area (Å²) < 4.78 is 4.86. The van der Waals surface area contributed by atoms with Gasteiger partial charge < -0.3 is 15.2 Å². The summed E-state index contributed by atoms with van der Waals surface area (Å²) in [5.41, 5.74) is 2.23. The molecule has 0 amide bonds. The molecular weight excluding hydrogens is 453 g/mol. The third-order valence-electron chi connectivity index (χ3n) is 4.93. The van der Waals surface area contributed by atoms with Crippen LogP contribution >= 0.6 is 24.0 Å². The number of rotatable bonds is 6. The lowest BCUT2D eigenvalue weighted by molar-refractivity contribution is 0.158. The Bertz CT molecular complexity index is 669. The summed E-state index contributed by atoms with van der Waals surface area (Å²) >= 11 is 0. The molecule has 7 heteroatoms. The van der Waals surface area contributed by atoms with Crippen LogP contribution in [0.15, 0.2) is 52.2 Å². The molecule has 27 heavy (non-hydrogen) atoms. The molecule has 0 aliphatic carbocycles. The van der Waals surface area contributed by atoms with Crippen molar-refractivity contribution >= 4 is 29.9 Å². The SMILES string of the molecule is CCNC(=NCc1ccon1)NC1CCN(C(C)c2ccccc2)CC1.I. The Morgan fingerprint density at radius 3 is 2.63 bits per heavy atom. The average molecular weight is 483 g/mol. The van der Waals surface area contributed by atoms with Crippen molar-refractivity contribution in [2.24, 2.45) is 4.99 Å². The molecule has 0 spiro atoms. The summed E-state index contributed by atoms with van der Waals surface area (Å²) in [4.78, 5) is 7.17. The number of hydrogen-bond acceptors (Lipinski definition) is 4. The Morgan fingerprint density at radius 1 is 1.26 bits per heavy atom. The van der Waals surface area contributed by atoms with Gasteiger partial charge in [0, 0.05) is 37.8 Å². The molecule has 2 heterocycles. The molecule has 2 aromatic rings. The van der Waals surface area contributed by atoms with Gasteiger partial charge in [-0.3, -0.25) is 4.90 Å². The minimum Gasteiger partial charge on any atom is -0.364 e. The minimum atomic E-state index is 0. The molecular formula is C20H30IN5O. The molecule has 1 unspecified atom stereocenters. The maximum absolute atomic E-state index is 4.86. The van der Waals surface area contributed by atoms with E-state index < -0.39 is 0 Å². The quantitative estimate of drug-likeness (QED) is 0.374. The molecule has 3 rings (SSSR count). The second-order valence-electron chi connectivity index (χ2n) is 6.73. The van der Waals surface area contributed by atoms with Crippen molar-refractivity contribution in [1.82, 2.24) is 20.7 Å². The van der Waals surface area contributed by atoms with Crippen molar-refractivity contribution in [2.75, 3.05) is 19.6 Å². The summed E-state index contributed by atoms with van der Waals surface area (Å²) in [6, 6.07) is 13.5. The number of aromatic nitrogens is 1. The van der Waals surface area contributed by atoms with E-state index in [1.54, 1.807) is 6.26 Å². The molecule has 1 aromatic heterocycles. The van der Waals surface area contributed by atoms with Gasteiger partial charge in [-0.15, -0.1) is 24.0 Å². The fraction of sp³-hybridized carbons (Fsp3) is 0.500. The Hall–Kier alpha value is -1.61. The first-order valence-corrected chi connectivity index (χ1v) is 9.49. The molecule has 0 radical (unpaired) electrons. The summed E-state index contributed by atoms with van der Waals surface area (Å²) in [7, 11) is 0. The number of guanidine groups is 1. The van der Waals surface area contributed by atoms with Crippen LogP contribution in [0.4, 0.5) is 0 Å². The number of nitrogens with zero attached hydrogens (tertiary/aromatic N) is 3. The standard InChI is InChI=1S/C20H29N5O.HI/c1-3-21-20(22-15-19-11-14-26-24-19)23-18-9-12-25(13-10-18)16(2)17-7-5-4-6-8-17;/h4-8,11,14,16,18H,3,9-10,12-13,15H2,1-2H3,(H2,21,22,23);1H. The maximum Gasteiger partial charge on any atom is 0.191 e. The fourth-order valence-corrected chi connectivity index (χ4v) is 3.37. The van der Waals surface area contributed by atoms with Gasteiger partial charge in [-0.25, -0.2) is 4.99 Å². The van der Waals surface area contributed by atoms with Crippen LogP contribution in [-0.4, -0.2) is 41.7 Å². The van der Waals surface area contributed by atoms with Crippen LogP contribution in [-0.2, 0) is 6.54 Å². The van der Waals surface area contributed by atoms with Crippen molar-refractivity contribution in [3.05, 3.63) is 53.9 Å². The lowest BCUT2D eigenvalue weighted by atomic mass is 10.0. The van der Waals surface area contributed by atoms with Gasteiger partial charge in [-0.05, 0) is 32.3 Å². The second kappa shape index (κ2) is 11.3. The van der Waals surface area contributed by atoms with Crippen LogP contribution < -0.4 is 10.6 Å². The number of hydrogen-bond donors (Lipinski definition) is 2. The topological polar surface area (TPSA) is 65.7 Å². The van der Waals surface area contributed by atoms with Crippen molar-refractivity contribution in [1.29, 1.82) is 0 Å². The largest absolute Gasteiger partial charge is 0.364 e. The lowest BCUT2D eigenvalue weighted by Gasteiger charge is -2.37. The molecule has 1 aromatic carbocycles. The van der Waals surface area contributed by atoms with Gasteiger partial charge >= 0.3 is 0 Å². The van der Waals surface area contributed by atoms with Crippen molar-refractivity contribution < 1.29 is 4.52 Å². The highest BCUT2D eigenvalue weighted by molar-refractivity contribution is 14.0. The van der Waals surface area contributed by atoms with E-state index in [1.165, 1.54) is 5.56 Å². The molecule has 1 saturated heterocycles. The van der Waals surface area contributed by atoms with Crippen LogP contribution in [0.2, 0.25) is 0 Å². The lowest BCUT2D eigenvalue weighted by Crippen LogP contribution is -2.49. The normalized spacial score (nSPS) is 17.2. The van der Waals surface area contributed by atoms with Gasteiger partial charge in [0.25, 0.3) is 0 Å². The fourth-order valence-electron chi connectivity index (χ4n) is 3.37. The molecule has 0 saturated carbocycles. The van der Waals surface area contributed by atoms with Crippen LogP contribution in [0.3, 0.4) is 0 Å². The van der Waals surface area contributed by atoms with Gasteiger partial charge in [0.15, 0.2) is 5.96 Å².